The minimum atomic E-state index is -4.37. The first-order valence-corrected chi connectivity index (χ1v) is 11.7. The number of imidazole rings is 1. The number of halogens is 3. The lowest BCUT2D eigenvalue weighted by Crippen LogP contribution is -2.45. The summed E-state index contributed by atoms with van der Waals surface area (Å²) >= 11 is 0. The predicted molar refractivity (Wildman–Crippen MR) is 130 cm³/mol. The number of piperazine rings is 1. The van der Waals surface area contributed by atoms with Gasteiger partial charge in [-0.05, 0) is 48.4 Å². The molecule has 1 saturated heterocycles. The van der Waals surface area contributed by atoms with Gasteiger partial charge in [-0.15, -0.1) is 0 Å². The standard InChI is InChI=1S/C27H29F3N4/c1-17-18(2)25(34-14-12-33(3)13-15-34)11-9-22(17)19-4-6-20(7-5-19)26-31-23-10-8-21(27(28,29)30)16-24(23)32-26/h4-11,16-18H,12-15H2,1-3H3,(H,31,32). The van der Waals surface area contributed by atoms with Crippen molar-refractivity contribution in [3.63, 3.8) is 0 Å². The number of alkyl halides is 3. The largest absolute Gasteiger partial charge is 0.416 e. The van der Waals surface area contributed by atoms with E-state index in [1.54, 1.807) is 0 Å². The molecule has 2 unspecified atom stereocenters. The van der Waals surface area contributed by atoms with Crippen molar-refractivity contribution in [1.82, 2.24) is 19.8 Å². The minimum absolute atomic E-state index is 0.382. The molecule has 0 amide bonds. The highest BCUT2D eigenvalue weighted by Crippen LogP contribution is 2.38. The second-order valence-corrected chi connectivity index (χ2v) is 9.47. The molecule has 0 saturated carbocycles. The van der Waals surface area contributed by atoms with Gasteiger partial charge in [-0.3, -0.25) is 0 Å². The zero-order chi connectivity index (χ0) is 24.0. The van der Waals surface area contributed by atoms with Crippen LogP contribution in [0.3, 0.4) is 0 Å². The van der Waals surface area contributed by atoms with Crippen molar-refractivity contribution in [3.05, 3.63) is 71.4 Å². The monoisotopic (exact) mass is 466 g/mol. The number of nitrogens with zero attached hydrogens (tertiary/aromatic N) is 3. The van der Waals surface area contributed by atoms with Gasteiger partial charge in [-0.25, -0.2) is 4.98 Å². The lowest BCUT2D eigenvalue weighted by Gasteiger charge is -2.40. The van der Waals surface area contributed by atoms with Crippen LogP contribution in [0.15, 0.2) is 60.3 Å². The van der Waals surface area contributed by atoms with Gasteiger partial charge in [-0.2, -0.15) is 13.2 Å². The van der Waals surface area contributed by atoms with E-state index in [1.165, 1.54) is 17.3 Å². The summed E-state index contributed by atoms with van der Waals surface area (Å²) in [5, 5.41) is 0. The van der Waals surface area contributed by atoms with Crippen LogP contribution in [0.1, 0.15) is 25.0 Å². The van der Waals surface area contributed by atoms with Crippen LogP contribution in [0.25, 0.3) is 28.0 Å². The Labute approximate surface area is 197 Å². The zero-order valence-electron chi connectivity index (χ0n) is 19.7. The van der Waals surface area contributed by atoms with Crippen molar-refractivity contribution in [1.29, 1.82) is 0 Å². The summed E-state index contributed by atoms with van der Waals surface area (Å²) in [7, 11) is 2.17. The van der Waals surface area contributed by atoms with Crippen LogP contribution in [0.5, 0.6) is 0 Å². The Morgan fingerprint density at radius 2 is 1.56 bits per heavy atom. The van der Waals surface area contributed by atoms with E-state index in [2.05, 4.69) is 64.9 Å². The molecule has 1 aliphatic heterocycles. The SMILES string of the molecule is CC1C(c2ccc(-c3nc4ccc(C(F)(F)F)cc4[nH]3)cc2)=CC=C(N2CCN(C)CC2)C1C. The van der Waals surface area contributed by atoms with E-state index in [0.717, 1.165) is 49.4 Å². The van der Waals surface area contributed by atoms with E-state index in [9.17, 15) is 13.2 Å². The van der Waals surface area contributed by atoms with Gasteiger partial charge < -0.3 is 14.8 Å². The third-order valence-electron chi connectivity index (χ3n) is 7.31. The Kier molecular flexibility index (Phi) is 5.76. The summed E-state index contributed by atoms with van der Waals surface area (Å²) in [6, 6.07) is 11.7. The first-order valence-electron chi connectivity index (χ1n) is 11.7. The average molecular weight is 467 g/mol. The molecule has 5 rings (SSSR count). The Bertz CT molecular complexity index is 1250. The fraction of sp³-hybridized carbons (Fsp3) is 0.370. The molecule has 1 N–H and O–H groups in total. The van der Waals surface area contributed by atoms with Crippen LogP contribution in [-0.4, -0.2) is 53.0 Å². The molecular formula is C27H29F3N4. The number of likely N-dealkylation sites (N-methyl/N-ethyl adjacent to an activating group) is 1. The Balaban J connectivity index is 1.39. The van der Waals surface area contributed by atoms with Crippen LogP contribution >= 0.6 is 0 Å². The fourth-order valence-electron chi connectivity index (χ4n) is 4.96. The molecule has 0 radical (unpaired) electrons. The van der Waals surface area contributed by atoms with Crippen LogP contribution in [0, 0.1) is 11.8 Å². The van der Waals surface area contributed by atoms with E-state index in [0.29, 0.717) is 28.7 Å². The number of benzene rings is 2. The van der Waals surface area contributed by atoms with E-state index in [-0.39, 0.29) is 0 Å². The molecule has 2 aliphatic rings. The molecule has 1 fully saturated rings. The summed E-state index contributed by atoms with van der Waals surface area (Å²) in [5.74, 6) is 1.39. The maximum absolute atomic E-state index is 13.0. The van der Waals surface area contributed by atoms with Crippen molar-refractivity contribution < 1.29 is 13.2 Å². The van der Waals surface area contributed by atoms with Crippen LogP contribution in [0.4, 0.5) is 13.2 Å². The van der Waals surface area contributed by atoms with Gasteiger partial charge in [0.1, 0.15) is 5.82 Å². The second kappa shape index (κ2) is 8.62. The summed E-state index contributed by atoms with van der Waals surface area (Å²) in [6.45, 7) is 8.91. The molecule has 1 aliphatic carbocycles. The maximum atomic E-state index is 13.0. The van der Waals surface area contributed by atoms with Gasteiger partial charge in [0.15, 0.2) is 0 Å². The molecule has 2 aromatic carbocycles. The number of hydrogen-bond acceptors (Lipinski definition) is 3. The van der Waals surface area contributed by atoms with Crippen molar-refractivity contribution in [2.24, 2.45) is 11.8 Å². The van der Waals surface area contributed by atoms with E-state index < -0.39 is 11.7 Å². The molecule has 1 aromatic heterocycles. The highest BCUT2D eigenvalue weighted by atomic mass is 19.4. The molecule has 7 heteroatoms. The van der Waals surface area contributed by atoms with E-state index >= 15 is 0 Å². The normalized spacial score (nSPS) is 22.1. The van der Waals surface area contributed by atoms with E-state index in [1.807, 2.05) is 12.1 Å². The summed E-state index contributed by atoms with van der Waals surface area (Å²) in [5.41, 5.74) is 4.95. The lowest BCUT2D eigenvalue weighted by molar-refractivity contribution is -0.137. The smallest absolute Gasteiger partial charge is 0.372 e. The van der Waals surface area contributed by atoms with Gasteiger partial charge in [-0.1, -0.05) is 44.2 Å². The third kappa shape index (κ3) is 4.25. The van der Waals surface area contributed by atoms with Gasteiger partial charge in [0.25, 0.3) is 0 Å². The lowest BCUT2D eigenvalue weighted by atomic mass is 9.79. The van der Waals surface area contributed by atoms with Crippen molar-refractivity contribution in [2.45, 2.75) is 20.0 Å². The first-order chi connectivity index (χ1) is 16.2. The number of H-pyrrole nitrogens is 1. The average Bonchev–Trinajstić information content (AvgIpc) is 3.25. The highest BCUT2D eigenvalue weighted by molar-refractivity contribution is 5.81. The highest BCUT2D eigenvalue weighted by Gasteiger charge is 2.31. The van der Waals surface area contributed by atoms with Crippen molar-refractivity contribution in [2.75, 3.05) is 33.2 Å². The quantitative estimate of drug-likeness (QED) is 0.510. The van der Waals surface area contributed by atoms with Crippen molar-refractivity contribution in [3.8, 4) is 11.4 Å². The van der Waals surface area contributed by atoms with Crippen LogP contribution in [-0.2, 0) is 6.18 Å². The number of rotatable bonds is 3. The van der Waals surface area contributed by atoms with E-state index in [4.69, 9.17) is 0 Å². The number of fused-ring (bicyclic) bond motifs is 1. The fourth-order valence-corrected chi connectivity index (χ4v) is 4.96. The predicted octanol–water partition coefficient (Wildman–Crippen LogP) is 6.05. The molecule has 178 valence electrons. The third-order valence-corrected chi connectivity index (χ3v) is 7.31. The molecule has 2 heterocycles. The molecule has 4 nitrogen and oxygen atoms in total. The van der Waals surface area contributed by atoms with Crippen LogP contribution in [0.2, 0.25) is 0 Å². The molecule has 3 aromatic rings. The molecule has 2 atom stereocenters. The molecule has 0 spiro atoms. The van der Waals surface area contributed by atoms with Gasteiger partial charge in [0, 0.05) is 43.4 Å². The maximum Gasteiger partial charge on any atom is 0.416 e. The van der Waals surface area contributed by atoms with Crippen molar-refractivity contribution >= 4 is 16.6 Å². The minimum Gasteiger partial charge on any atom is -0.372 e. The number of hydrogen-bond donors (Lipinski definition) is 1. The molecule has 0 bridgehead atoms. The summed E-state index contributed by atoms with van der Waals surface area (Å²) in [4.78, 5) is 12.4. The van der Waals surface area contributed by atoms with Gasteiger partial charge >= 0.3 is 6.18 Å². The molecule has 34 heavy (non-hydrogen) atoms. The first kappa shape index (κ1) is 22.7. The molecular weight excluding hydrogens is 437 g/mol. The summed E-state index contributed by atoms with van der Waals surface area (Å²) in [6.07, 6.45) is 0.144. The van der Waals surface area contributed by atoms with Crippen LogP contribution < -0.4 is 0 Å². The zero-order valence-corrected chi connectivity index (χ0v) is 19.7. The summed E-state index contributed by atoms with van der Waals surface area (Å²) < 4.78 is 39.1. The topological polar surface area (TPSA) is 35.2 Å². The Morgan fingerprint density at radius 3 is 2.24 bits per heavy atom. The Morgan fingerprint density at radius 1 is 0.882 bits per heavy atom. The second-order valence-electron chi connectivity index (χ2n) is 9.47. The number of allylic oxidation sites excluding steroid dienone is 4. The van der Waals surface area contributed by atoms with Gasteiger partial charge in [0.2, 0.25) is 0 Å². The number of aromatic amines is 1. The number of aromatic nitrogens is 2. The number of nitrogens with one attached hydrogen (secondary N) is 1. The van der Waals surface area contributed by atoms with Gasteiger partial charge in [0.05, 0.1) is 16.6 Å². The Hall–Kier alpha value is -3.06.